The van der Waals surface area contributed by atoms with E-state index in [0.717, 1.165) is 11.1 Å². The van der Waals surface area contributed by atoms with Crippen molar-refractivity contribution in [2.24, 2.45) is 7.05 Å². The number of halogens is 1. The Morgan fingerprint density at radius 2 is 1.90 bits per heavy atom. The Balaban J connectivity index is 1.82. The van der Waals surface area contributed by atoms with E-state index in [1.54, 1.807) is 32.0 Å². The summed E-state index contributed by atoms with van der Waals surface area (Å²) in [6, 6.07) is 14.8. The van der Waals surface area contributed by atoms with Gasteiger partial charge in [0.25, 0.3) is 5.91 Å². The molecule has 8 heteroatoms. The number of aryl methyl sites for hydroxylation is 1. The molecule has 0 radical (unpaired) electrons. The lowest BCUT2D eigenvalue weighted by molar-refractivity contribution is 0.0932. The van der Waals surface area contributed by atoms with E-state index in [0.29, 0.717) is 34.5 Å². The third kappa shape index (κ3) is 5.00. The Kier molecular flexibility index (Phi) is 7.20. The highest BCUT2D eigenvalue weighted by Gasteiger charge is 2.21. The van der Waals surface area contributed by atoms with Crippen LogP contribution in [-0.4, -0.2) is 55.4 Å². The Morgan fingerprint density at radius 1 is 1.16 bits per heavy atom. The molecule has 3 rings (SSSR count). The number of methoxy groups -OCH3 is 2. The van der Waals surface area contributed by atoms with Crippen molar-refractivity contribution in [1.29, 1.82) is 0 Å². The van der Waals surface area contributed by atoms with Crippen LogP contribution in [-0.2, 0) is 7.05 Å². The Hall–Kier alpha value is -3.03. The van der Waals surface area contributed by atoms with Crippen LogP contribution in [0.4, 0.5) is 0 Å². The molecular weight excluding hydrogens is 416 g/mol. The SMILES string of the molecule is COc1ccc(OC)c(-c2cc(C(=O)NC[C@@H](c3ccccc3Cl)N(C)C)n(C)n2)c1. The first-order chi connectivity index (χ1) is 14.8. The summed E-state index contributed by atoms with van der Waals surface area (Å²) < 4.78 is 12.3. The van der Waals surface area contributed by atoms with Gasteiger partial charge in [-0.3, -0.25) is 9.48 Å². The van der Waals surface area contributed by atoms with Crippen LogP contribution < -0.4 is 14.8 Å². The van der Waals surface area contributed by atoms with Gasteiger partial charge in [0.1, 0.15) is 17.2 Å². The molecule has 3 aromatic rings. The number of nitrogens with zero attached hydrogens (tertiary/aromatic N) is 3. The van der Waals surface area contributed by atoms with E-state index in [2.05, 4.69) is 10.4 Å². The fraction of sp³-hybridized carbons (Fsp3) is 0.304. The molecule has 31 heavy (non-hydrogen) atoms. The van der Waals surface area contributed by atoms with Crippen molar-refractivity contribution in [3.63, 3.8) is 0 Å². The van der Waals surface area contributed by atoms with Gasteiger partial charge >= 0.3 is 0 Å². The minimum Gasteiger partial charge on any atom is -0.497 e. The molecule has 1 heterocycles. The predicted molar refractivity (Wildman–Crippen MR) is 122 cm³/mol. The molecule has 164 valence electrons. The summed E-state index contributed by atoms with van der Waals surface area (Å²) in [5.74, 6) is 1.11. The molecule has 1 atom stereocenters. The highest BCUT2D eigenvalue weighted by molar-refractivity contribution is 6.31. The van der Waals surface area contributed by atoms with Crippen LogP contribution in [0.2, 0.25) is 5.02 Å². The summed E-state index contributed by atoms with van der Waals surface area (Å²) >= 11 is 6.37. The minimum absolute atomic E-state index is 0.0659. The Morgan fingerprint density at radius 3 is 2.55 bits per heavy atom. The van der Waals surface area contributed by atoms with Gasteiger partial charge in [0.2, 0.25) is 0 Å². The summed E-state index contributed by atoms with van der Waals surface area (Å²) in [7, 11) is 8.85. The average Bonchev–Trinajstić information content (AvgIpc) is 3.15. The van der Waals surface area contributed by atoms with Gasteiger partial charge in [0.15, 0.2) is 0 Å². The first kappa shape index (κ1) is 22.7. The maximum atomic E-state index is 13.0. The second-order valence-corrected chi connectivity index (χ2v) is 7.72. The van der Waals surface area contributed by atoms with Crippen LogP contribution in [0.25, 0.3) is 11.3 Å². The van der Waals surface area contributed by atoms with Crippen molar-refractivity contribution in [1.82, 2.24) is 20.0 Å². The third-order valence-electron chi connectivity index (χ3n) is 5.14. The fourth-order valence-electron chi connectivity index (χ4n) is 3.42. The van der Waals surface area contributed by atoms with Gasteiger partial charge in [-0.15, -0.1) is 0 Å². The van der Waals surface area contributed by atoms with Gasteiger partial charge in [-0.2, -0.15) is 5.10 Å². The smallest absolute Gasteiger partial charge is 0.269 e. The molecule has 0 spiro atoms. The number of carbonyl (C=O) groups excluding carboxylic acids is 1. The molecule has 1 aromatic heterocycles. The van der Waals surface area contributed by atoms with E-state index in [1.807, 2.05) is 61.5 Å². The molecule has 0 aliphatic carbocycles. The molecule has 0 bridgehead atoms. The van der Waals surface area contributed by atoms with Gasteiger partial charge in [-0.05, 0) is 50.0 Å². The largest absolute Gasteiger partial charge is 0.497 e. The zero-order chi connectivity index (χ0) is 22.5. The van der Waals surface area contributed by atoms with E-state index in [9.17, 15) is 4.79 Å². The van der Waals surface area contributed by atoms with E-state index in [4.69, 9.17) is 21.1 Å². The van der Waals surface area contributed by atoms with E-state index >= 15 is 0 Å². The van der Waals surface area contributed by atoms with Crippen molar-refractivity contribution in [3.05, 3.63) is 64.8 Å². The molecule has 0 unspecified atom stereocenters. The predicted octanol–water partition coefficient (Wildman–Crippen LogP) is 3.79. The number of hydrogen-bond acceptors (Lipinski definition) is 5. The highest BCUT2D eigenvalue weighted by atomic mass is 35.5. The number of aromatic nitrogens is 2. The minimum atomic E-state index is -0.220. The van der Waals surface area contributed by atoms with Crippen molar-refractivity contribution < 1.29 is 14.3 Å². The summed E-state index contributed by atoms with van der Waals surface area (Å²) in [6.45, 7) is 0.401. The number of amides is 1. The van der Waals surface area contributed by atoms with Crippen LogP contribution in [0.5, 0.6) is 11.5 Å². The van der Waals surface area contributed by atoms with Crippen molar-refractivity contribution in [2.75, 3.05) is 34.9 Å². The van der Waals surface area contributed by atoms with Gasteiger partial charge in [-0.25, -0.2) is 0 Å². The fourth-order valence-corrected chi connectivity index (χ4v) is 3.68. The monoisotopic (exact) mass is 442 g/mol. The summed E-state index contributed by atoms with van der Waals surface area (Å²) in [4.78, 5) is 15.0. The number of benzene rings is 2. The molecule has 1 N–H and O–H groups in total. The summed E-state index contributed by atoms with van der Waals surface area (Å²) in [6.07, 6.45) is 0. The molecular formula is C23H27ClN4O3. The van der Waals surface area contributed by atoms with Crippen LogP contribution in [0.1, 0.15) is 22.1 Å². The highest BCUT2D eigenvalue weighted by Crippen LogP contribution is 2.33. The van der Waals surface area contributed by atoms with Crippen molar-refractivity contribution >= 4 is 17.5 Å². The number of rotatable bonds is 8. The van der Waals surface area contributed by atoms with E-state index in [-0.39, 0.29) is 11.9 Å². The van der Waals surface area contributed by atoms with Gasteiger partial charge in [0.05, 0.1) is 26.0 Å². The second-order valence-electron chi connectivity index (χ2n) is 7.32. The van der Waals surface area contributed by atoms with Crippen molar-refractivity contribution in [2.45, 2.75) is 6.04 Å². The number of carbonyl (C=O) groups is 1. The second kappa shape index (κ2) is 9.85. The average molecular weight is 443 g/mol. The van der Waals surface area contributed by atoms with Crippen LogP contribution in [0, 0.1) is 0 Å². The van der Waals surface area contributed by atoms with Gasteiger partial charge in [-0.1, -0.05) is 29.8 Å². The van der Waals surface area contributed by atoms with E-state index < -0.39 is 0 Å². The maximum absolute atomic E-state index is 13.0. The Labute approximate surface area is 187 Å². The van der Waals surface area contributed by atoms with Gasteiger partial charge in [0, 0.05) is 24.2 Å². The zero-order valence-corrected chi connectivity index (χ0v) is 19.1. The van der Waals surface area contributed by atoms with Crippen LogP contribution >= 0.6 is 11.6 Å². The van der Waals surface area contributed by atoms with Crippen LogP contribution in [0.15, 0.2) is 48.5 Å². The topological polar surface area (TPSA) is 68.6 Å². The lowest BCUT2D eigenvalue weighted by atomic mass is 10.1. The maximum Gasteiger partial charge on any atom is 0.269 e. The molecule has 0 saturated carbocycles. The Bertz CT molecular complexity index is 1060. The number of likely N-dealkylation sites (N-methyl/N-ethyl adjacent to an activating group) is 1. The van der Waals surface area contributed by atoms with E-state index in [1.165, 1.54) is 0 Å². The lowest BCUT2D eigenvalue weighted by Crippen LogP contribution is -2.35. The quantitative estimate of drug-likeness (QED) is 0.574. The van der Waals surface area contributed by atoms with Crippen molar-refractivity contribution in [3.8, 4) is 22.8 Å². The number of nitrogens with one attached hydrogen (secondary N) is 1. The normalized spacial score (nSPS) is 12.0. The molecule has 2 aromatic carbocycles. The molecule has 0 aliphatic heterocycles. The first-order valence-electron chi connectivity index (χ1n) is 9.81. The molecule has 0 saturated heterocycles. The summed E-state index contributed by atoms with van der Waals surface area (Å²) in [5.41, 5.74) is 2.77. The van der Waals surface area contributed by atoms with Crippen LogP contribution in [0.3, 0.4) is 0 Å². The molecule has 7 nitrogen and oxygen atoms in total. The van der Waals surface area contributed by atoms with Gasteiger partial charge < -0.3 is 19.7 Å². The first-order valence-corrected chi connectivity index (χ1v) is 10.2. The standard InChI is InChI=1S/C23H27ClN4O3/c1-27(2)21(16-8-6-7-9-18(16)24)14-25-23(29)20-13-19(26-28(20)3)17-12-15(30-4)10-11-22(17)31-5/h6-13,21H,14H2,1-5H3,(H,25,29)/t21-/m0/s1. The summed E-state index contributed by atoms with van der Waals surface area (Å²) in [5, 5.41) is 8.19. The zero-order valence-electron chi connectivity index (χ0n) is 18.3. The number of ether oxygens (including phenoxy) is 2. The third-order valence-corrected chi connectivity index (χ3v) is 5.48. The molecule has 0 aliphatic rings. The molecule has 0 fully saturated rings. The number of hydrogen-bond donors (Lipinski definition) is 1. The molecule has 1 amide bonds. The lowest BCUT2D eigenvalue weighted by Gasteiger charge is -2.26.